The molecule has 1 saturated heterocycles. The van der Waals surface area contributed by atoms with Gasteiger partial charge in [0.2, 0.25) is 11.8 Å². The molecule has 1 aromatic rings. The fourth-order valence-electron chi connectivity index (χ4n) is 2.92. The molecular weight excluding hydrogens is 288 g/mol. The monoisotopic (exact) mass is 316 g/mol. The Labute approximate surface area is 139 Å². The normalized spacial score (nSPS) is 15.7. The van der Waals surface area contributed by atoms with Crippen molar-refractivity contribution in [3.63, 3.8) is 0 Å². The zero-order chi connectivity index (χ0) is 16.8. The fraction of sp³-hybridized carbons (Fsp3) is 0.579. The Balaban J connectivity index is 1.74. The fourth-order valence-corrected chi connectivity index (χ4v) is 2.92. The van der Waals surface area contributed by atoms with Crippen LogP contribution in [0.1, 0.15) is 44.2 Å². The number of rotatable bonds is 5. The van der Waals surface area contributed by atoms with Gasteiger partial charge in [-0.05, 0) is 31.2 Å². The number of nitrogens with one attached hydrogen (secondary N) is 1. The molecule has 0 aromatic heterocycles. The predicted molar refractivity (Wildman–Crippen MR) is 92.1 cm³/mol. The van der Waals surface area contributed by atoms with Gasteiger partial charge < -0.3 is 10.2 Å². The summed E-state index contributed by atoms with van der Waals surface area (Å²) in [5, 5.41) is 3.11. The van der Waals surface area contributed by atoms with Crippen LogP contribution in [0.5, 0.6) is 0 Å². The van der Waals surface area contributed by atoms with Crippen LogP contribution in [0.25, 0.3) is 0 Å². The summed E-state index contributed by atoms with van der Waals surface area (Å²) < 4.78 is 0. The van der Waals surface area contributed by atoms with Gasteiger partial charge in [0, 0.05) is 25.6 Å². The van der Waals surface area contributed by atoms with Crippen LogP contribution in [-0.2, 0) is 16.0 Å². The van der Waals surface area contributed by atoms with E-state index in [-0.39, 0.29) is 17.9 Å². The van der Waals surface area contributed by atoms with Gasteiger partial charge in [-0.3, -0.25) is 9.59 Å². The molecule has 1 aliphatic heterocycles. The van der Waals surface area contributed by atoms with E-state index < -0.39 is 0 Å². The van der Waals surface area contributed by atoms with Gasteiger partial charge in [0.15, 0.2) is 0 Å². The number of piperidine rings is 1. The van der Waals surface area contributed by atoms with Crippen molar-refractivity contribution in [1.82, 2.24) is 10.2 Å². The number of carbonyl (C=O) groups excluding carboxylic acids is 2. The third-order valence-corrected chi connectivity index (χ3v) is 4.28. The molecule has 1 fully saturated rings. The van der Waals surface area contributed by atoms with Crippen LogP contribution in [0.3, 0.4) is 0 Å². The third kappa shape index (κ3) is 5.70. The molecule has 0 radical (unpaired) electrons. The Bertz CT molecular complexity index is 529. The minimum atomic E-state index is 0.0702. The van der Waals surface area contributed by atoms with Crippen molar-refractivity contribution in [2.75, 3.05) is 13.1 Å². The first-order valence-electron chi connectivity index (χ1n) is 8.56. The van der Waals surface area contributed by atoms with Crippen LogP contribution < -0.4 is 5.32 Å². The first kappa shape index (κ1) is 17.5. The lowest BCUT2D eigenvalue weighted by Gasteiger charge is -2.33. The molecule has 1 N–H and O–H groups in total. The molecule has 126 valence electrons. The lowest BCUT2D eigenvalue weighted by molar-refractivity contribution is -0.133. The van der Waals surface area contributed by atoms with Gasteiger partial charge in [-0.2, -0.15) is 0 Å². The van der Waals surface area contributed by atoms with E-state index in [2.05, 4.69) is 19.2 Å². The average Bonchev–Trinajstić information content (AvgIpc) is 2.49. The minimum absolute atomic E-state index is 0.0702. The highest BCUT2D eigenvalue weighted by Crippen LogP contribution is 2.14. The molecule has 2 amide bonds. The molecule has 0 saturated carbocycles. The van der Waals surface area contributed by atoms with Crippen molar-refractivity contribution in [1.29, 1.82) is 0 Å². The van der Waals surface area contributed by atoms with E-state index in [1.165, 1.54) is 5.56 Å². The van der Waals surface area contributed by atoms with E-state index in [0.29, 0.717) is 18.8 Å². The Morgan fingerprint density at radius 3 is 2.35 bits per heavy atom. The molecule has 4 nitrogen and oxygen atoms in total. The molecule has 0 aliphatic carbocycles. The molecule has 0 bridgehead atoms. The zero-order valence-electron chi connectivity index (χ0n) is 14.5. The summed E-state index contributed by atoms with van der Waals surface area (Å²) in [6.07, 6.45) is 2.74. The van der Waals surface area contributed by atoms with E-state index in [4.69, 9.17) is 0 Å². The van der Waals surface area contributed by atoms with Crippen molar-refractivity contribution >= 4 is 11.8 Å². The highest BCUT2D eigenvalue weighted by Gasteiger charge is 2.24. The third-order valence-electron chi connectivity index (χ3n) is 4.28. The van der Waals surface area contributed by atoms with Crippen LogP contribution >= 0.6 is 0 Å². The second-order valence-corrected chi connectivity index (χ2v) is 6.98. The largest absolute Gasteiger partial charge is 0.353 e. The van der Waals surface area contributed by atoms with Crippen LogP contribution in [0, 0.1) is 12.8 Å². The number of benzene rings is 1. The number of likely N-dealkylation sites (tertiary alicyclic amines) is 1. The lowest BCUT2D eigenvalue weighted by atomic mass is 10.0. The first-order valence-corrected chi connectivity index (χ1v) is 8.56. The topological polar surface area (TPSA) is 49.4 Å². The predicted octanol–water partition coefficient (Wildman–Crippen LogP) is 2.69. The highest BCUT2D eigenvalue weighted by molar-refractivity contribution is 5.79. The molecule has 1 aromatic carbocycles. The number of aryl methyl sites for hydroxylation is 1. The number of nitrogens with zero attached hydrogens (tertiary/aromatic N) is 1. The number of hydrogen-bond donors (Lipinski definition) is 1. The molecule has 1 aliphatic rings. The summed E-state index contributed by atoms with van der Waals surface area (Å²) in [6, 6.07) is 8.25. The van der Waals surface area contributed by atoms with Gasteiger partial charge in [-0.1, -0.05) is 43.7 Å². The molecule has 0 unspecified atom stereocenters. The van der Waals surface area contributed by atoms with Crippen molar-refractivity contribution < 1.29 is 9.59 Å². The number of hydrogen-bond acceptors (Lipinski definition) is 2. The highest BCUT2D eigenvalue weighted by atomic mass is 16.2. The number of carbonyl (C=O) groups is 2. The van der Waals surface area contributed by atoms with Gasteiger partial charge in [-0.25, -0.2) is 0 Å². The molecular formula is C19H28N2O2. The summed E-state index contributed by atoms with van der Waals surface area (Å²) in [6.45, 7) is 7.67. The van der Waals surface area contributed by atoms with Gasteiger partial charge in [0.25, 0.3) is 0 Å². The maximum Gasteiger partial charge on any atom is 0.224 e. The summed E-state index contributed by atoms with van der Waals surface area (Å²) in [5.74, 6) is 0.708. The molecule has 0 atom stereocenters. The van der Waals surface area contributed by atoms with E-state index in [0.717, 1.165) is 31.5 Å². The van der Waals surface area contributed by atoms with Crippen molar-refractivity contribution in [2.45, 2.75) is 52.5 Å². The van der Waals surface area contributed by atoms with Gasteiger partial charge in [-0.15, -0.1) is 0 Å². The Kier molecular flexibility index (Phi) is 6.20. The molecule has 4 heteroatoms. The standard InChI is InChI=1S/C19H28N2O2/c1-14(2)12-19(23)21-10-8-17(9-11-21)20-18(22)13-16-6-4-15(3)5-7-16/h4-7,14,17H,8-13H2,1-3H3,(H,20,22). The molecule has 2 rings (SSSR count). The number of amides is 2. The SMILES string of the molecule is Cc1ccc(CC(=O)NC2CCN(C(=O)CC(C)C)CC2)cc1. The van der Waals surface area contributed by atoms with Gasteiger partial charge in [0.1, 0.15) is 0 Å². The van der Waals surface area contributed by atoms with E-state index >= 15 is 0 Å². The Morgan fingerprint density at radius 2 is 1.78 bits per heavy atom. The second-order valence-electron chi connectivity index (χ2n) is 6.98. The second kappa shape index (κ2) is 8.14. The summed E-state index contributed by atoms with van der Waals surface area (Å²) in [4.78, 5) is 26.1. The minimum Gasteiger partial charge on any atom is -0.353 e. The van der Waals surface area contributed by atoms with Crippen LogP contribution in [0.2, 0.25) is 0 Å². The molecule has 23 heavy (non-hydrogen) atoms. The summed E-state index contributed by atoms with van der Waals surface area (Å²) in [5.41, 5.74) is 2.24. The smallest absolute Gasteiger partial charge is 0.224 e. The molecule has 1 heterocycles. The lowest BCUT2D eigenvalue weighted by Crippen LogP contribution is -2.47. The first-order chi connectivity index (χ1) is 10.9. The maximum atomic E-state index is 12.1. The Morgan fingerprint density at radius 1 is 1.17 bits per heavy atom. The van der Waals surface area contributed by atoms with Crippen LogP contribution in [0.15, 0.2) is 24.3 Å². The average molecular weight is 316 g/mol. The quantitative estimate of drug-likeness (QED) is 0.908. The van der Waals surface area contributed by atoms with Crippen LogP contribution in [0.4, 0.5) is 0 Å². The summed E-state index contributed by atoms with van der Waals surface area (Å²) in [7, 11) is 0. The summed E-state index contributed by atoms with van der Waals surface area (Å²) >= 11 is 0. The maximum absolute atomic E-state index is 12.1. The van der Waals surface area contributed by atoms with E-state index in [9.17, 15) is 9.59 Å². The van der Waals surface area contributed by atoms with Crippen molar-refractivity contribution in [3.05, 3.63) is 35.4 Å². The Hall–Kier alpha value is -1.84. The zero-order valence-corrected chi connectivity index (χ0v) is 14.5. The molecule has 0 spiro atoms. The van der Waals surface area contributed by atoms with Crippen molar-refractivity contribution in [2.24, 2.45) is 5.92 Å². The van der Waals surface area contributed by atoms with Gasteiger partial charge >= 0.3 is 0 Å². The van der Waals surface area contributed by atoms with Gasteiger partial charge in [0.05, 0.1) is 6.42 Å². The van der Waals surface area contributed by atoms with Crippen LogP contribution in [-0.4, -0.2) is 35.8 Å². The van der Waals surface area contributed by atoms with E-state index in [1.807, 2.05) is 36.1 Å². The van der Waals surface area contributed by atoms with Crippen molar-refractivity contribution in [3.8, 4) is 0 Å². The van der Waals surface area contributed by atoms with E-state index in [1.54, 1.807) is 0 Å².